The number of nitrogens with one attached hydrogen (secondary N) is 1. The fourth-order valence-electron chi connectivity index (χ4n) is 3.06. The van der Waals surface area contributed by atoms with E-state index in [9.17, 15) is 9.59 Å². The molecule has 0 aromatic heterocycles. The molecule has 0 radical (unpaired) electrons. The highest BCUT2D eigenvalue weighted by molar-refractivity contribution is 6.31. The summed E-state index contributed by atoms with van der Waals surface area (Å²) >= 11 is 6.13. The molecule has 0 saturated carbocycles. The van der Waals surface area contributed by atoms with E-state index >= 15 is 0 Å². The van der Waals surface area contributed by atoms with Gasteiger partial charge in [0.1, 0.15) is 12.4 Å². The van der Waals surface area contributed by atoms with Crippen molar-refractivity contribution in [2.24, 2.45) is 0 Å². The van der Waals surface area contributed by atoms with Crippen molar-refractivity contribution in [3.05, 3.63) is 82.9 Å². The Morgan fingerprint density at radius 3 is 2.63 bits per heavy atom. The second-order valence-electron chi connectivity index (χ2n) is 6.83. The number of carbonyl (C=O) groups excluding carboxylic acids is 2. The third kappa shape index (κ3) is 4.39. The molecule has 1 heterocycles. The fourth-order valence-corrected chi connectivity index (χ4v) is 3.23. The number of hydrogen-bond acceptors (Lipinski definition) is 4. The van der Waals surface area contributed by atoms with Crippen LogP contribution in [0.5, 0.6) is 11.5 Å². The van der Waals surface area contributed by atoms with Gasteiger partial charge < -0.3 is 14.8 Å². The van der Waals surface area contributed by atoms with Gasteiger partial charge >= 0.3 is 6.09 Å². The first-order valence-corrected chi connectivity index (χ1v) is 9.77. The number of cyclic esters (lactones) is 1. The molecule has 0 aliphatic carbocycles. The normalized spacial score (nSPS) is 13.1. The molecule has 1 aliphatic heterocycles. The van der Waals surface area contributed by atoms with Gasteiger partial charge in [-0.05, 0) is 55.5 Å². The Hall–Kier alpha value is -3.51. The van der Waals surface area contributed by atoms with Crippen LogP contribution in [0.3, 0.4) is 0 Å². The van der Waals surface area contributed by atoms with Crippen LogP contribution < -0.4 is 15.0 Å². The van der Waals surface area contributed by atoms with Crippen molar-refractivity contribution in [1.29, 1.82) is 0 Å². The van der Waals surface area contributed by atoms with Crippen molar-refractivity contribution in [3.8, 4) is 11.5 Å². The average Bonchev–Trinajstić information content (AvgIpc) is 3.17. The number of nitrogens with zero attached hydrogens (tertiary/aromatic N) is 1. The topological polar surface area (TPSA) is 67.9 Å². The van der Waals surface area contributed by atoms with Crippen LogP contribution in [0.15, 0.2) is 66.7 Å². The van der Waals surface area contributed by atoms with Crippen LogP contribution in [-0.2, 0) is 4.74 Å². The minimum absolute atomic E-state index is 0.331. The molecule has 1 fully saturated rings. The second-order valence-corrected chi connectivity index (χ2v) is 7.26. The van der Waals surface area contributed by atoms with Crippen LogP contribution in [0, 0.1) is 6.92 Å². The molecular formula is C23H19ClN2O4. The predicted octanol–water partition coefficient (Wildman–Crippen LogP) is 5.65. The summed E-state index contributed by atoms with van der Waals surface area (Å²) in [6.07, 6.45) is -0.420. The fraction of sp³-hybridized carbons (Fsp3) is 0.130. The van der Waals surface area contributed by atoms with Crippen LogP contribution in [0.1, 0.15) is 15.9 Å². The third-order valence-electron chi connectivity index (χ3n) is 4.62. The molecule has 0 unspecified atom stereocenters. The number of anilines is 2. The smallest absolute Gasteiger partial charge is 0.414 e. The average molecular weight is 423 g/mol. The molecule has 3 aromatic carbocycles. The monoisotopic (exact) mass is 422 g/mol. The lowest BCUT2D eigenvalue weighted by Crippen LogP contribution is -2.23. The molecule has 0 atom stereocenters. The summed E-state index contributed by atoms with van der Waals surface area (Å²) < 4.78 is 10.9. The zero-order chi connectivity index (χ0) is 21.1. The molecule has 2 amide bonds. The van der Waals surface area contributed by atoms with Gasteiger partial charge in [-0.1, -0.05) is 35.4 Å². The van der Waals surface area contributed by atoms with Crippen LogP contribution >= 0.6 is 11.6 Å². The molecule has 7 heteroatoms. The van der Waals surface area contributed by atoms with E-state index in [2.05, 4.69) is 5.32 Å². The highest BCUT2D eigenvalue weighted by Crippen LogP contribution is 2.33. The molecule has 1 saturated heterocycles. The summed E-state index contributed by atoms with van der Waals surface area (Å²) in [5, 5.41) is 3.31. The van der Waals surface area contributed by atoms with Gasteiger partial charge in [-0.25, -0.2) is 4.79 Å². The van der Waals surface area contributed by atoms with Crippen molar-refractivity contribution in [2.75, 3.05) is 23.4 Å². The second kappa shape index (κ2) is 8.47. The quantitative estimate of drug-likeness (QED) is 0.577. The first-order valence-electron chi connectivity index (χ1n) is 9.39. The Bertz CT molecular complexity index is 1100. The van der Waals surface area contributed by atoms with E-state index in [1.807, 2.05) is 31.2 Å². The first-order chi connectivity index (χ1) is 14.5. The Balaban J connectivity index is 1.56. The standard InChI is InChI=1S/C23H19ClN2O4/c1-15-5-8-19(9-6-15)30-21-10-7-17(24)14-20(21)25-22(27)16-3-2-4-18(13-16)26-11-12-29-23(26)28/h2-10,13-14H,11-12H2,1H3,(H,25,27). The van der Waals surface area contributed by atoms with Crippen LogP contribution in [-0.4, -0.2) is 25.2 Å². The van der Waals surface area contributed by atoms with Gasteiger partial charge in [-0.15, -0.1) is 0 Å². The maximum absolute atomic E-state index is 12.9. The molecule has 0 spiro atoms. The van der Waals surface area contributed by atoms with Crippen LogP contribution in [0.25, 0.3) is 0 Å². The maximum atomic E-state index is 12.9. The van der Waals surface area contributed by atoms with Crippen molar-refractivity contribution in [2.45, 2.75) is 6.92 Å². The van der Waals surface area contributed by atoms with E-state index in [0.29, 0.717) is 46.6 Å². The maximum Gasteiger partial charge on any atom is 0.414 e. The molecule has 4 rings (SSSR count). The third-order valence-corrected chi connectivity index (χ3v) is 4.85. The van der Waals surface area contributed by atoms with E-state index in [1.54, 1.807) is 42.5 Å². The van der Waals surface area contributed by atoms with Crippen molar-refractivity contribution < 1.29 is 19.1 Å². The van der Waals surface area contributed by atoms with Crippen LogP contribution in [0.4, 0.5) is 16.2 Å². The van der Waals surface area contributed by atoms with Gasteiger partial charge in [-0.3, -0.25) is 9.69 Å². The van der Waals surface area contributed by atoms with Crippen molar-refractivity contribution in [3.63, 3.8) is 0 Å². The number of halogens is 1. The number of benzene rings is 3. The molecule has 30 heavy (non-hydrogen) atoms. The Labute approximate surface area is 179 Å². The summed E-state index contributed by atoms with van der Waals surface area (Å²) in [4.78, 5) is 26.2. The van der Waals surface area contributed by atoms with Gasteiger partial charge in [0.2, 0.25) is 0 Å². The van der Waals surface area contributed by atoms with Gasteiger partial charge in [0.15, 0.2) is 5.75 Å². The summed E-state index contributed by atoms with van der Waals surface area (Å²) in [5.41, 5.74) is 2.56. The molecule has 6 nitrogen and oxygen atoms in total. The Kier molecular flexibility index (Phi) is 5.59. The van der Waals surface area contributed by atoms with Crippen molar-refractivity contribution >= 4 is 35.0 Å². The first kappa shape index (κ1) is 19.8. The number of carbonyl (C=O) groups is 2. The predicted molar refractivity (Wildman–Crippen MR) is 116 cm³/mol. The lowest BCUT2D eigenvalue weighted by molar-refractivity contribution is 0.102. The molecule has 1 N–H and O–H groups in total. The van der Waals surface area contributed by atoms with Gasteiger partial charge in [-0.2, -0.15) is 0 Å². The molecule has 0 bridgehead atoms. The van der Waals surface area contributed by atoms with Gasteiger partial charge in [0.05, 0.1) is 12.2 Å². The molecule has 1 aliphatic rings. The zero-order valence-corrected chi connectivity index (χ0v) is 17.0. The summed E-state index contributed by atoms with van der Waals surface area (Å²) in [5.74, 6) is 0.768. The number of ether oxygens (including phenoxy) is 2. The largest absolute Gasteiger partial charge is 0.455 e. The number of rotatable bonds is 5. The van der Waals surface area contributed by atoms with E-state index < -0.39 is 6.09 Å². The zero-order valence-electron chi connectivity index (χ0n) is 16.2. The van der Waals surface area contributed by atoms with Gasteiger partial charge in [0.25, 0.3) is 5.91 Å². The van der Waals surface area contributed by atoms with Crippen molar-refractivity contribution in [1.82, 2.24) is 0 Å². The summed E-state index contributed by atoms with van der Waals surface area (Å²) in [7, 11) is 0. The molecule has 152 valence electrons. The van der Waals surface area contributed by atoms with E-state index in [0.717, 1.165) is 5.56 Å². The molecular weight excluding hydrogens is 404 g/mol. The summed E-state index contributed by atoms with van der Waals surface area (Å²) in [6, 6.07) is 19.4. The number of amides is 2. The molecule has 3 aromatic rings. The number of hydrogen-bond donors (Lipinski definition) is 1. The minimum Gasteiger partial charge on any atom is -0.455 e. The SMILES string of the molecule is Cc1ccc(Oc2ccc(Cl)cc2NC(=O)c2cccc(N3CCOC3=O)c2)cc1. The van der Waals surface area contributed by atoms with Crippen LogP contribution in [0.2, 0.25) is 5.02 Å². The minimum atomic E-state index is -0.420. The Morgan fingerprint density at radius 1 is 1.10 bits per heavy atom. The summed E-state index contributed by atoms with van der Waals surface area (Å²) in [6.45, 7) is 2.78. The van der Waals surface area contributed by atoms with E-state index in [4.69, 9.17) is 21.1 Å². The number of aryl methyl sites for hydroxylation is 1. The highest BCUT2D eigenvalue weighted by atomic mass is 35.5. The lowest BCUT2D eigenvalue weighted by atomic mass is 10.1. The van der Waals surface area contributed by atoms with E-state index in [1.165, 1.54) is 4.90 Å². The lowest BCUT2D eigenvalue weighted by Gasteiger charge is -2.15. The van der Waals surface area contributed by atoms with E-state index in [-0.39, 0.29) is 5.91 Å². The highest BCUT2D eigenvalue weighted by Gasteiger charge is 2.24. The van der Waals surface area contributed by atoms with Gasteiger partial charge in [0, 0.05) is 16.3 Å². The Morgan fingerprint density at radius 2 is 1.90 bits per heavy atom.